The standard InChI is InChI=1S/C17H28BrNO/c1-13(2)12-19-9-5-6-10-20-17-8-7-15(18)11-16(17)14(3)4/h7-8,11,13-14,19H,5-6,9-10,12H2,1-4H3. The van der Waals surface area contributed by atoms with E-state index in [-0.39, 0.29) is 0 Å². The Morgan fingerprint density at radius 2 is 1.90 bits per heavy atom. The van der Waals surface area contributed by atoms with E-state index in [9.17, 15) is 0 Å². The second-order valence-electron chi connectivity index (χ2n) is 5.99. The van der Waals surface area contributed by atoms with Gasteiger partial charge >= 0.3 is 0 Å². The maximum absolute atomic E-state index is 5.93. The van der Waals surface area contributed by atoms with E-state index in [1.54, 1.807) is 0 Å². The normalized spacial score (nSPS) is 11.3. The topological polar surface area (TPSA) is 21.3 Å². The maximum Gasteiger partial charge on any atom is 0.122 e. The largest absolute Gasteiger partial charge is 0.493 e. The van der Waals surface area contributed by atoms with Crippen molar-refractivity contribution in [1.29, 1.82) is 0 Å². The van der Waals surface area contributed by atoms with Gasteiger partial charge in [0, 0.05) is 4.47 Å². The second kappa shape index (κ2) is 9.41. The summed E-state index contributed by atoms with van der Waals surface area (Å²) >= 11 is 3.52. The van der Waals surface area contributed by atoms with Crippen molar-refractivity contribution in [2.75, 3.05) is 19.7 Å². The fourth-order valence-corrected chi connectivity index (χ4v) is 2.41. The number of hydrogen-bond donors (Lipinski definition) is 1. The highest BCUT2D eigenvalue weighted by Crippen LogP contribution is 2.29. The van der Waals surface area contributed by atoms with E-state index >= 15 is 0 Å². The van der Waals surface area contributed by atoms with Gasteiger partial charge in [-0.3, -0.25) is 0 Å². The molecular formula is C17H28BrNO. The van der Waals surface area contributed by atoms with E-state index in [0.29, 0.717) is 5.92 Å². The Kier molecular flexibility index (Phi) is 8.24. The number of benzene rings is 1. The average Bonchev–Trinajstić information content (AvgIpc) is 2.38. The lowest BCUT2D eigenvalue weighted by Crippen LogP contribution is -2.21. The Labute approximate surface area is 132 Å². The summed E-state index contributed by atoms with van der Waals surface area (Å²) in [7, 11) is 0. The van der Waals surface area contributed by atoms with Crippen LogP contribution in [0.5, 0.6) is 5.75 Å². The molecule has 2 nitrogen and oxygen atoms in total. The quantitative estimate of drug-likeness (QED) is 0.639. The van der Waals surface area contributed by atoms with Gasteiger partial charge in [-0.05, 0) is 61.5 Å². The first-order chi connectivity index (χ1) is 9.50. The maximum atomic E-state index is 5.93. The van der Waals surface area contributed by atoms with Gasteiger partial charge < -0.3 is 10.1 Å². The summed E-state index contributed by atoms with van der Waals surface area (Å²) in [5.41, 5.74) is 1.28. The Morgan fingerprint density at radius 3 is 2.55 bits per heavy atom. The van der Waals surface area contributed by atoms with Crippen LogP contribution in [0.15, 0.2) is 22.7 Å². The predicted molar refractivity (Wildman–Crippen MR) is 90.7 cm³/mol. The zero-order chi connectivity index (χ0) is 15.0. The van der Waals surface area contributed by atoms with Crippen molar-refractivity contribution < 1.29 is 4.74 Å². The zero-order valence-electron chi connectivity index (χ0n) is 13.2. The Balaban J connectivity index is 2.28. The van der Waals surface area contributed by atoms with Gasteiger partial charge in [0.25, 0.3) is 0 Å². The number of ether oxygens (including phenoxy) is 1. The first-order valence-corrected chi connectivity index (χ1v) is 8.43. The van der Waals surface area contributed by atoms with Crippen LogP contribution in [-0.2, 0) is 0 Å². The third kappa shape index (κ3) is 6.76. The fourth-order valence-electron chi connectivity index (χ4n) is 2.03. The van der Waals surface area contributed by atoms with Crippen LogP contribution in [0.4, 0.5) is 0 Å². The lowest BCUT2D eigenvalue weighted by molar-refractivity contribution is 0.301. The van der Waals surface area contributed by atoms with Crippen LogP contribution < -0.4 is 10.1 Å². The lowest BCUT2D eigenvalue weighted by Gasteiger charge is -2.14. The summed E-state index contributed by atoms with van der Waals surface area (Å²) < 4.78 is 7.05. The van der Waals surface area contributed by atoms with Gasteiger partial charge in [0.1, 0.15) is 5.75 Å². The van der Waals surface area contributed by atoms with Crippen LogP contribution in [0.1, 0.15) is 52.0 Å². The molecule has 0 radical (unpaired) electrons. The van der Waals surface area contributed by atoms with Gasteiger partial charge in [-0.2, -0.15) is 0 Å². The van der Waals surface area contributed by atoms with Gasteiger partial charge in [0.2, 0.25) is 0 Å². The van der Waals surface area contributed by atoms with Crippen molar-refractivity contribution in [3.8, 4) is 5.75 Å². The highest BCUT2D eigenvalue weighted by molar-refractivity contribution is 9.10. The number of unbranched alkanes of at least 4 members (excludes halogenated alkanes) is 1. The highest BCUT2D eigenvalue weighted by Gasteiger charge is 2.08. The van der Waals surface area contributed by atoms with E-state index in [2.05, 4.69) is 61.1 Å². The van der Waals surface area contributed by atoms with E-state index in [0.717, 1.165) is 42.3 Å². The van der Waals surface area contributed by atoms with Crippen LogP contribution in [0.2, 0.25) is 0 Å². The monoisotopic (exact) mass is 341 g/mol. The summed E-state index contributed by atoms with van der Waals surface area (Å²) in [5.74, 6) is 2.23. The van der Waals surface area contributed by atoms with Crippen molar-refractivity contribution in [2.24, 2.45) is 5.92 Å². The minimum atomic E-state index is 0.482. The molecule has 0 aromatic heterocycles. The first-order valence-electron chi connectivity index (χ1n) is 7.63. The smallest absolute Gasteiger partial charge is 0.122 e. The molecule has 0 aliphatic carbocycles. The molecule has 1 rings (SSSR count). The fraction of sp³-hybridized carbons (Fsp3) is 0.647. The molecule has 0 amide bonds. The number of halogens is 1. The summed E-state index contributed by atoms with van der Waals surface area (Å²) in [6.07, 6.45) is 2.26. The van der Waals surface area contributed by atoms with Crippen molar-refractivity contribution in [2.45, 2.75) is 46.5 Å². The van der Waals surface area contributed by atoms with Crippen molar-refractivity contribution in [3.63, 3.8) is 0 Å². The van der Waals surface area contributed by atoms with E-state index in [1.165, 1.54) is 12.0 Å². The molecule has 0 spiro atoms. The molecule has 1 aromatic carbocycles. The molecule has 0 aliphatic rings. The summed E-state index contributed by atoms with van der Waals surface area (Å²) in [6.45, 7) is 11.8. The van der Waals surface area contributed by atoms with Gasteiger partial charge in [0.15, 0.2) is 0 Å². The summed E-state index contributed by atoms with van der Waals surface area (Å²) in [4.78, 5) is 0. The van der Waals surface area contributed by atoms with Gasteiger partial charge in [-0.1, -0.05) is 43.6 Å². The van der Waals surface area contributed by atoms with Crippen LogP contribution in [-0.4, -0.2) is 19.7 Å². The molecule has 0 unspecified atom stereocenters. The number of rotatable bonds is 9. The molecule has 1 N–H and O–H groups in total. The average molecular weight is 342 g/mol. The van der Waals surface area contributed by atoms with Crippen LogP contribution >= 0.6 is 15.9 Å². The first kappa shape index (κ1) is 17.5. The molecule has 0 fully saturated rings. The third-order valence-electron chi connectivity index (χ3n) is 3.15. The minimum Gasteiger partial charge on any atom is -0.493 e. The molecule has 0 atom stereocenters. The molecule has 0 heterocycles. The Morgan fingerprint density at radius 1 is 1.15 bits per heavy atom. The highest BCUT2D eigenvalue weighted by atomic mass is 79.9. The third-order valence-corrected chi connectivity index (χ3v) is 3.65. The molecule has 114 valence electrons. The molecule has 20 heavy (non-hydrogen) atoms. The van der Waals surface area contributed by atoms with E-state index < -0.39 is 0 Å². The molecular weight excluding hydrogens is 314 g/mol. The van der Waals surface area contributed by atoms with Crippen molar-refractivity contribution in [3.05, 3.63) is 28.2 Å². The Bertz CT molecular complexity index is 391. The lowest BCUT2D eigenvalue weighted by atomic mass is 10.0. The molecule has 0 aliphatic heterocycles. The minimum absolute atomic E-state index is 0.482. The Hall–Kier alpha value is -0.540. The van der Waals surface area contributed by atoms with Crippen LogP contribution in [0.25, 0.3) is 0 Å². The van der Waals surface area contributed by atoms with Gasteiger partial charge in [-0.15, -0.1) is 0 Å². The second-order valence-corrected chi connectivity index (χ2v) is 6.91. The van der Waals surface area contributed by atoms with E-state index in [4.69, 9.17) is 4.74 Å². The van der Waals surface area contributed by atoms with Crippen molar-refractivity contribution in [1.82, 2.24) is 5.32 Å². The molecule has 0 saturated heterocycles. The molecule has 1 aromatic rings. The number of nitrogens with one attached hydrogen (secondary N) is 1. The zero-order valence-corrected chi connectivity index (χ0v) is 14.8. The molecule has 3 heteroatoms. The summed E-state index contributed by atoms with van der Waals surface area (Å²) in [6, 6.07) is 6.27. The van der Waals surface area contributed by atoms with E-state index in [1.807, 2.05) is 6.07 Å². The predicted octanol–water partition coefficient (Wildman–Crippen LogP) is 4.98. The van der Waals surface area contributed by atoms with Crippen molar-refractivity contribution >= 4 is 15.9 Å². The molecule has 0 bridgehead atoms. The molecule has 0 saturated carbocycles. The SMILES string of the molecule is CC(C)CNCCCCOc1ccc(Br)cc1C(C)C. The summed E-state index contributed by atoms with van der Waals surface area (Å²) in [5, 5.41) is 3.46. The van der Waals surface area contributed by atoms with Crippen LogP contribution in [0, 0.1) is 5.92 Å². The van der Waals surface area contributed by atoms with Gasteiger partial charge in [0.05, 0.1) is 6.61 Å². The number of hydrogen-bond acceptors (Lipinski definition) is 2. The van der Waals surface area contributed by atoms with Crippen LogP contribution in [0.3, 0.4) is 0 Å². The van der Waals surface area contributed by atoms with Gasteiger partial charge in [-0.25, -0.2) is 0 Å².